The Morgan fingerprint density at radius 1 is 1.50 bits per heavy atom. The molecule has 106 valence electrons. The first-order valence-corrected chi connectivity index (χ1v) is 7.49. The Bertz CT molecular complexity index is 589. The van der Waals surface area contributed by atoms with E-state index in [0.717, 1.165) is 31.7 Å². The Morgan fingerprint density at radius 3 is 3.15 bits per heavy atom. The normalized spacial score (nSPS) is 19.4. The average Bonchev–Trinajstić information content (AvgIpc) is 3.01. The topological polar surface area (TPSA) is 38.2 Å². The molecule has 0 saturated carbocycles. The average molecular weight is 293 g/mol. The van der Waals surface area contributed by atoms with E-state index in [1.807, 2.05) is 12.4 Å². The molecule has 2 aromatic rings. The number of halogens is 1. The smallest absolute Gasteiger partial charge is 0.216 e. The van der Waals surface area contributed by atoms with Crippen molar-refractivity contribution in [1.82, 2.24) is 14.9 Å². The first-order chi connectivity index (χ1) is 9.70. The molecule has 0 aromatic carbocycles. The molecule has 1 saturated heterocycles. The van der Waals surface area contributed by atoms with Gasteiger partial charge in [-0.05, 0) is 19.4 Å². The lowest BCUT2D eigenvalue weighted by Gasteiger charge is -2.16. The van der Waals surface area contributed by atoms with Crippen LogP contribution in [0.5, 0.6) is 5.88 Å². The minimum absolute atomic E-state index is 0.0810. The number of thiazole rings is 1. The molecule has 0 aliphatic carbocycles. The summed E-state index contributed by atoms with van der Waals surface area (Å²) < 4.78 is 18.7. The molecule has 20 heavy (non-hydrogen) atoms. The van der Waals surface area contributed by atoms with Crippen LogP contribution in [0.4, 0.5) is 4.39 Å². The lowest BCUT2D eigenvalue weighted by Crippen LogP contribution is -2.24. The Balaban J connectivity index is 1.56. The Labute approximate surface area is 121 Å². The number of rotatable bonds is 4. The summed E-state index contributed by atoms with van der Waals surface area (Å²) in [7, 11) is 0. The number of ether oxygens (including phenoxy) is 1. The van der Waals surface area contributed by atoms with Crippen LogP contribution in [0, 0.1) is 12.9 Å². The number of hydrogen-bond acceptors (Lipinski definition) is 5. The molecule has 0 radical (unpaired) electrons. The molecule has 1 aliphatic heterocycles. The number of likely N-dealkylation sites (tertiary alicyclic amines) is 1. The predicted octanol–water partition coefficient (Wildman–Crippen LogP) is 2.64. The Kier molecular flexibility index (Phi) is 3.93. The van der Waals surface area contributed by atoms with E-state index in [1.54, 1.807) is 23.5 Å². The second kappa shape index (κ2) is 5.85. The van der Waals surface area contributed by atoms with Crippen molar-refractivity contribution in [3.05, 3.63) is 40.2 Å². The summed E-state index contributed by atoms with van der Waals surface area (Å²) >= 11 is 1.69. The van der Waals surface area contributed by atoms with Crippen LogP contribution in [0.3, 0.4) is 0 Å². The van der Waals surface area contributed by atoms with Crippen molar-refractivity contribution >= 4 is 11.3 Å². The Hall–Kier alpha value is -1.53. The highest BCUT2D eigenvalue weighted by molar-refractivity contribution is 7.09. The lowest BCUT2D eigenvalue weighted by atomic mass is 10.3. The summed E-state index contributed by atoms with van der Waals surface area (Å²) in [4.78, 5) is 11.6. The van der Waals surface area contributed by atoms with Gasteiger partial charge in [0.2, 0.25) is 11.8 Å². The van der Waals surface area contributed by atoms with Gasteiger partial charge in [-0.15, -0.1) is 11.3 Å². The van der Waals surface area contributed by atoms with Crippen molar-refractivity contribution in [3.63, 3.8) is 0 Å². The van der Waals surface area contributed by atoms with Crippen molar-refractivity contribution in [2.45, 2.75) is 26.0 Å². The summed E-state index contributed by atoms with van der Waals surface area (Å²) in [5.74, 6) is -0.136. The first-order valence-electron chi connectivity index (χ1n) is 6.61. The van der Waals surface area contributed by atoms with Crippen LogP contribution < -0.4 is 4.74 Å². The monoisotopic (exact) mass is 293 g/mol. The molecule has 0 N–H and O–H groups in total. The van der Waals surface area contributed by atoms with E-state index in [9.17, 15) is 4.39 Å². The summed E-state index contributed by atoms with van der Waals surface area (Å²) in [6.45, 7) is 4.77. The number of pyridine rings is 1. The number of aromatic nitrogens is 2. The van der Waals surface area contributed by atoms with Gasteiger partial charge in [-0.2, -0.15) is 9.37 Å². The van der Waals surface area contributed by atoms with Gasteiger partial charge in [0, 0.05) is 30.6 Å². The van der Waals surface area contributed by atoms with Crippen LogP contribution in [0.15, 0.2) is 23.7 Å². The van der Waals surface area contributed by atoms with Crippen LogP contribution in [-0.4, -0.2) is 34.1 Å². The second-order valence-electron chi connectivity index (χ2n) is 4.92. The van der Waals surface area contributed by atoms with E-state index in [0.29, 0.717) is 5.88 Å². The predicted molar refractivity (Wildman–Crippen MR) is 75.4 cm³/mol. The molecule has 1 fully saturated rings. The van der Waals surface area contributed by atoms with Gasteiger partial charge < -0.3 is 4.74 Å². The number of hydrogen-bond donors (Lipinski definition) is 0. The van der Waals surface area contributed by atoms with Gasteiger partial charge >= 0.3 is 0 Å². The molecule has 1 atom stereocenters. The molecule has 1 aliphatic rings. The third kappa shape index (κ3) is 3.13. The second-order valence-corrected chi connectivity index (χ2v) is 5.86. The highest BCUT2D eigenvalue weighted by atomic mass is 32.1. The standard InChI is InChI=1S/C14H16FN3OS/c1-10-12(20-9-16-10)8-18-6-5-11(7-18)19-14-4-2-3-13(15)17-14/h2-4,9,11H,5-8H2,1H3. The zero-order chi connectivity index (χ0) is 13.9. The maximum Gasteiger partial charge on any atom is 0.216 e. The van der Waals surface area contributed by atoms with E-state index >= 15 is 0 Å². The molecule has 6 heteroatoms. The molecule has 0 amide bonds. The first kappa shape index (κ1) is 13.5. The van der Waals surface area contributed by atoms with E-state index in [4.69, 9.17) is 4.74 Å². The van der Waals surface area contributed by atoms with Crippen LogP contribution >= 0.6 is 11.3 Å². The summed E-state index contributed by atoms with van der Waals surface area (Å²) in [5.41, 5.74) is 2.98. The number of nitrogens with zero attached hydrogens (tertiary/aromatic N) is 3. The van der Waals surface area contributed by atoms with Crippen LogP contribution in [-0.2, 0) is 6.54 Å². The van der Waals surface area contributed by atoms with Gasteiger partial charge in [-0.3, -0.25) is 4.90 Å². The summed E-state index contributed by atoms with van der Waals surface area (Å²) in [6.07, 6.45) is 1.02. The van der Waals surface area contributed by atoms with E-state index in [1.165, 1.54) is 10.9 Å². The minimum atomic E-state index is -0.502. The highest BCUT2D eigenvalue weighted by Crippen LogP contribution is 2.21. The quantitative estimate of drug-likeness (QED) is 0.812. The van der Waals surface area contributed by atoms with Gasteiger partial charge in [-0.1, -0.05) is 6.07 Å². The van der Waals surface area contributed by atoms with Crippen LogP contribution in [0.25, 0.3) is 0 Å². The fraction of sp³-hybridized carbons (Fsp3) is 0.429. The largest absolute Gasteiger partial charge is 0.473 e. The fourth-order valence-electron chi connectivity index (χ4n) is 2.34. The fourth-order valence-corrected chi connectivity index (χ4v) is 3.16. The van der Waals surface area contributed by atoms with Gasteiger partial charge in [0.1, 0.15) is 6.10 Å². The zero-order valence-corrected chi connectivity index (χ0v) is 12.1. The van der Waals surface area contributed by atoms with E-state index in [2.05, 4.69) is 14.9 Å². The summed E-state index contributed by atoms with van der Waals surface area (Å²) in [5, 5.41) is 0. The van der Waals surface area contributed by atoms with Gasteiger partial charge in [0.05, 0.1) is 11.2 Å². The highest BCUT2D eigenvalue weighted by Gasteiger charge is 2.25. The number of aryl methyl sites for hydroxylation is 1. The minimum Gasteiger partial charge on any atom is -0.473 e. The summed E-state index contributed by atoms with van der Waals surface area (Å²) in [6, 6.07) is 4.63. The van der Waals surface area contributed by atoms with Crippen molar-refractivity contribution in [3.8, 4) is 5.88 Å². The molecule has 0 bridgehead atoms. The molecular formula is C14H16FN3OS. The maximum atomic E-state index is 13.0. The Morgan fingerprint density at radius 2 is 2.40 bits per heavy atom. The third-order valence-electron chi connectivity index (χ3n) is 3.42. The SMILES string of the molecule is Cc1ncsc1CN1CCC(Oc2cccc(F)n2)C1. The lowest BCUT2D eigenvalue weighted by molar-refractivity contribution is 0.189. The molecule has 0 spiro atoms. The third-order valence-corrected chi connectivity index (χ3v) is 4.34. The van der Waals surface area contributed by atoms with E-state index in [-0.39, 0.29) is 6.10 Å². The van der Waals surface area contributed by atoms with Gasteiger partial charge in [0.15, 0.2) is 0 Å². The van der Waals surface area contributed by atoms with E-state index < -0.39 is 5.95 Å². The zero-order valence-electron chi connectivity index (χ0n) is 11.3. The molecule has 1 unspecified atom stereocenters. The maximum absolute atomic E-state index is 13.0. The van der Waals surface area contributed by atoms with Crippen LogP contribution in [0.1, 0.15) is 17.0 Å². The van der Waals surface area contributed by atoms with Crippen molar-refractivity contribution in [1.29, 1.82) is 0 Å². The van der Waals surface area contributed by atoms with Crippen LogP contribution in [0.2, 0.25) is 0 Å². The van der Waals surface area contributed by atoms with Gasteiger partial charge in [0.25, 0.3) is 0 Å². The van der Waals surface area contributed by atoms with Crippen molar-refractivity contribution in [2.75, 3.05) is 13.1 Å². The van der Waals surface area contributed by atoms with Crippen molar-refractivity contribution in [2.24, 2.45) is 0 Å². The molecule has 4 nitrogen and oxygen atoms in total. The van der Waals surface area contributed by atoms with Gasteiger partial charge in [-0.25, -0.2) is 4.98 Å². The molecule has 3 heterocycles. The van der Waals surface area contributed by atoms with Crippen molar-refractivity contribution < 1.29 is 9.13 Å². The molecule has 3 rings (SSSR count). The molecular weight excluding hydrogens is 277 g/mol. The molecule has 2 aromatic heterocycles.